The molecule has 5 heteroatoms. The number of nitrogens with one attached hydrogen (secondary N) is 1. The van der Waals surface area contributed by atoms with E-state index in [-0.39, 0.29) is 11.7 Å². The Morgan fingerprint density at radius 2 is 1.96 bits per heavy atom. The van der Waals surface area contributed by atoms with E-state index in [0.717, 1.165) is 24.9 Å². The van der Waals surface area contributed by atoms with Crippen molar-refractivity contribution in [2.45, 2.75) is 31.9 Å². The van der Waals surface area contributed by atoms with Crippen LogP contribution in [0.3, 0.4) is 0 Å². The molecule has 28 heavy (non-hydrogen) atoms. The SMILES string of the molecule is C[C@H](OCC1CCCN1)c1c(-c2ccccc2)nc2ccccc2c1C(=O)O. The Kier molecular flexibility index (Phi) is 5.37. The van der Waals surface area contributed by atoms with Crippen molar-refractivity contribution in [3.05, 3.63) is 65.7 Å². The Labute approximate surface area is 164 Å². The van der Waals surface area contributed by atoms with Crippen LogP contribution in [-0.4, -0.2) is 35.3 Å². The summed E-state index contributed by atoms with van der Waals surface area (Å²) >= 11 is 0. The number of aromatic nitrogens is 1. The van der Waals surface area contributed by atoms with Gasteiger partial charge in [0.25, 0.3) is 0 Å². The molecule has 2 heterocycles. The minimum atomic E-state index is -0.958. The molecular formula is C23H24N2O3. The van der Waals surface area contributed by atoms with Gasteiger partial charge in [0, 0.05) is 22.6 Å². The van der Waals surface area contributed by atoms with Crippen LogP contribution in [0.2, 0.25) is 0 Å². The first-order chi connectivity index (χ1) is 13.6. The van der Waals surface area contributed by atoms with E-state index in [1.54, 1.807) is 0 Å². The third-order valence-electron chi connectivity index (χ3n) is 5.31. The zero-order chi connectivity index (χ0) is 19.5. The van der Waals surface area contributed by atoms with Gasteiger partial charge in [-0.3, -0.25) is 0 Å². The molecule has 0 radical (unpaired) electrons. The van der Waals surface area contributed by atoms with Crippen LogP contribution in [-0.2, 0) is 4.74 Å². The smallest absolute Gasteiger partial charge is 0.336 e. The number of hydrogen-bond donors (Lipinski definition) is 2. The Morgan fingerprint density at radius 3 is 2.68 bits per heavy atom. The Hall–Kier alpha value is -2.76. The molecule has 1 aromatic heterocycles. The Morgan fingerprint density at radius 1 is 1.21 bits per heavy atom. The van der Waals surface area contributed by atoms with Crippen molar-refractivity contribution in [3.8, 4) is 11.3 Å². The Bertz CT molecular complexity index is 982. The molecule has 0 aliphatic carbocycles. The first-order valence-corrected chi connectivity index (χ1v) is 9.71. The van der Waals surface area contributed by atoms with Gasteiger partial charge in [0.2, 0.25) is 0 Å². The standard InChI is InChI=1S/C23H24N2O3/c1-15(28-14-17-10-7-13-24-17)20-21(23(26)27)18-11-5-6-12-19(18)25-22(20)16-8-3-2-4-9-16/h2-6,8-9,11-12,15,17,24H,7,10,13-14H2,1H3,(H,26,27)/t15-,17?/m0/s1. The van der Waals surface area contributed by atoms with Gasteiger partial charge in [-0.25, -0.2) is 9.78 Å². The van der Waals surface area contributed by atoms with Crippen molar-refractivity contribution in [2.24, 2.45) is 0 Å². The molecule has 1 saturated heterocycles. The number of nitrogens with zero attached hydrogens (tertiary/aromatic N) is 1. The summed E-state index contributed by atoms with van der Waals surface area (Å²) in [4.78, 5) is 17.1. The molecule has 2 aromatic carbocycles. The summed E-state index contributed by atoms with van der Waals surface area (Å²) in [7, 11) is 0. The molecule has 5 nitrogen and oxygen atoms in total. The van der Waals surface area contributed by atoms with E-state index in [1.807, 2.05) is 61.5 Å². The molecule has 1 unspecified atom stereocenters. The van der Waals surface area contributed by atoms with Crippen molar-refractivity contribution in [1.82, 2.24) is 10.3 Å². The second-order valence-electron chi connectivity index (χ2n) is 7.21. The highest BCUT2D eigenvalue weighted by Crippen LogP contribution is 2.35. The lowest BCUT2D eigenvalue weighted by atomic mass is 9.93. The van der Waals surface area contributed by atoms with Crippen molar-refractivity contribution in [3.63, 3.8) is 0 Å². The third-order valence-corrected chi connectivity index (χ3v) is 5.31. The fraction of sp³-hybridized carbons (Fsp3) is 0.304. The molecule has 1 aliphatic heterocycles. The van der Waals surface area contributed by atoms with Crippen LogP contribution in [0, 0.1) is 0 Å². The van der Waals surface area contributed by atoms with E-state index in [0.29, 0.717) is 34.8 Å². The van der Waals surface area contributed by atoms with Gasteiger partial charge in [0.1, 0.15) is 0 Å². The largest absolute Gasteiger partial charge is 0.478 e. The third kappa shape index (κ3) is 3.63. The van der Waals surface area contributed by atoms with Crippen LogP contribution < -0.4 is 5.32 Å². The van der Waals surface area contributed by atoms with E-state index >= 15 is 0 Å². The van der Waals surface area contributed by atoms with Crippen LogP contribution in [0.25, 0.3) is 22.2 Å². The van der Waals surface area contributed by atoms with Crippen LogP contribution in [0.5, 0.6) is 0 Å². The molecule has 144 valence electrons. The quantitative estimate of drug-likeness (QED) is 0.666. The molecule has 1 aliphatic rings. The lowest BCUT2D eigenvalue weighted by Crippen LogP contribution is -2.27. The van der Waals surface area contributed by atoms with Gasteiger partial charge in [-0.2, -0.15) is 0 Å². The average molecular weight is 376 g/mol. The van der Waals surface area contributed by atoms with Gasteiger partial charge in [-0.15, -0.1) is 0 Å². The van der Waals surface area contributed by atoms with Crippen molar-refractivity contribution in [2.75, 3.05) is 13.2 Å². The fourth-order valence-corrected chi connectivity index (χ4v) is 3.91. The molecule has 0 bridgehead atoms. The highest BCUT2D eigenvalue weighted by atomic mass is 16.5. The number of fused-ring (bicyclic) bond motifs is 1. The number of carboxylic acid groups (broad SMARTS) is 1. The van der Waals surface area contributed by atoms with E-state index < -0.39 is 5.97 Å². The molecular weight excluding hydrogens is 352 g/mol. The van der Waals surface area contributed by atoms with E-state index in [2.05, 4.69) is 5.32 Å². The summed E-state index contributed by atoms with van der Waals surface area (Å²) in [5, 5.41) is 14.1. The van der Waals surface area contributed by atoms with Crippen LogP contribution in [0.4, 0.5) is 0 Å². The number of carboxylic acids is 1. The number of ether oxygens (including phenoxy) is 1. The van der Waals surface area contributed by atoms with Crippen LogP contribution >= 0.6 is 0 Å². The summed E-state index contributed by atoms with van der Waals surface area (Å²) in [6.45, 7) is 3.48. The summed E-state index contributed by atoms with van der Waals surface area (Å²) in [5.74, 6) is -0.958. The normalized spacial score (nSPS) is 17.7. The summed E-state index contributed by atoms with van der Waals surface area (Å²) in [5.41, 5.74) is 3.14. The number of benzene rings is 2. The fourth-order valence-electron chi connectivity index (χ4n) is 3.91. The average Bonchev–Trinajstić information content (AvgIpc) is 3.24. The zero-order valence-electron chi connectivity index (χ0n) is 15.9. The minimum absolute atomic E-state index is 0.274. The molecule has 2 N–H and O–H groups in total. The number of aromatic carboxylic acids is 1. The van der Waals surface area contributed by atoms with E-state index in [1.165, 1.54) is 0 Å². The minimum Gasteiger partial charge on any atom is -0.478 e. The van der Waals surface area contributed by atoms with Crippen molar-refractivity contribution in [1.29, 1.82) is 0 Å². The molecule has 0 spiro atoms. The molecule has 1 fully saturated rings. The molecule has 3 aromatic rings. The number of para-hydroxylation sites is 1. The predicted molar refractivity (Wildman–Crippen MR) is 110 cm³/mol. The van der Waals surface area contributed by atoms with Gasteiger partial charge in [0.15, 0.2) is 0 Å². The van der Waals surface area contributed by atoms with Gasteiger partial charge in [0.05, 0.1) is 29.5 Å². The topological polar surface area (TPSA) is 71.5 Å². The number of rotatable bonds is 6. The van der Waals surface area contributed by atoms with Gasteiger partial charge in [-0.1, -0.05) is 48.5 Å². The van der Waals surface area contributed by atoms with Gasteiger partial charge >= 0.3 is 5.97 Å². The maximum absolute atomic E-state index is 12.3. The summed E-state index contributed by atoms with van der Waals surface area (Å²) in [6.07, 6.45) is 1.84. The second kappa shape index (κ2) is 8.09. The Balaban J connectivity index is 1.85. The molecule has 0 amide bonds. The van der Waals surface area contributed by atoms with E-state index in [4.69, 9.17) is 9.72 Å². The molecule has 2 atom stereocenters. The monoisotopic (exact) mass is 376 g/mol. The predicted octanol–water partition coefficient (Wildman–Crippen LogP) is 4.43. The van der Waals surface area contributed by atoms with E-state index in [9.17, 15) is 9.90 Å². The highest BCUT2D eigenvalue weighted by molar-refractivity contribution is 6.05. The lowest BCUT2D eigenvalue weighted by molar-refractivity contribution is 0.0500. The van der Waals surface area contributed by atoms with Crippen LogP contribution in [0.1, 0.15) is 41.8 Å². The van der Waals surface area contributed by atoms with Gasteiger partial charge < -0.3 is 15.2 Å². The number of carbonyl (C=O) groups is 1. The lowest BCUT2D eigenvalue weighted by Gasteiger charge is -2.22. The van der Waals surface area contributed by atoms with Crippen molar-refractivity contribution >= 4 is 16.9 Å². The van der Waals surface area contributed by atoms with Crippen molar-refractivity contribution < 1.29 is 14.6 Å². The maximum atomic E-state index is 12.3. The van der Waals surface area contributed by atoms with Crippen LogP contribution in [0.15, 0.2) is 54.6 Å². The molecule has 4 rings (SSSR count). The maximum Gasteiger partial charge on any atom is 0.336 e. The summed E-state index contributed by atoms with van der Waals surface area (Å²) in [6, 6.07) is 17.4. The molecule has 0 saturated carbocycles. The number of hydrogen-bond acceptors (Lipinski definition) is 4. The first-order valence-electron chi connectivity index (χ1n) is 9.71. The number of pyridine rings is 1. The summed E-state index contributed by atoms with van der Waals surface area (Å²) < 4.78 is 6.15. The zero-order valence-corrected chi connectivity index (χ0v) is 15.9. The first kappa shape index (κ1) is 18.6. The highest BCUT2D eigenvalue weighted by Gasteiger charge is 2.26. The second-order valence-corrected chi connectivity index (χ2v) is 7.21. The van der Waals surface area contributed by atoms with Gasteiger partial charge in [-0.05, 0) is 32.4 Å².